The lowest BCUT2D eigenvalue weighted by Crippen LogP contribution is -2.05. The molecule has 0 aliphatic rings. The fourth-order valence-corrected chi connectivity index (χ4v) is 0. The summed E-state index contributed by atoms with van der Waals surface area (Å²) in [4.78, 5) is 0. The first-order valence-corrected chi connectivity index (χ1v) is 2.66. The second kappa shape index (κ2) is 1.40. The summed E-state index contributed by atoms with van der Waals surface area (Å²) in [5.74, 6) is 0. The minimum absolute atomic E-state index is 0.403. The number of primary sulfonamides is 1. The Hall–Kier alpha value is -0.350. The van der Waals surface area contributed by atoms with Gasteiger partial charge in [-0.15, -0.1) is 0 Å². The van der Waals surface area contributed by atoms with E-state index in [-0.39, 0.29) is 0 Å². The SMILES string of the molecule is [2H]N([2H])S(=O)(=O)C=C. The molecular weight excluding hydrogens is 102 g/mol. The highest BCUT2D eigenvalue weighted by Gasteiger charge is 1.85. The fraction of sp³-hybridized carbons (Fsp3) is 0. The molecule has 0 amide bonds. The maximum atomic E-state index is 10.1. The molecule has 2 N–H and O–H groups in total. The summed E-state index contributed by atoms with van der Waals surface area (Å²) < 4.78 is 32.7. The van der Waals surface area contributed by atoms with Crippen molar-refractivity contribution in [2.45, 2.75) is 0 Å². The summed E-state index contributed by atoms with van der Waals surface area (Å²) in [7, 11) is -3.81. The maximum absolute atomic E-state index is 10.1. The van der Waals surface area contributed by atoms with Gasteiger partial charge >= 0.3 is 0 Å². The lowest BCUT2D eigenvalue weighted by Gasteiger charge is -1.75. The van der Waals surface area contributed by atoms with Crippen LogP contribution in [0.1, 0.15) is 0 Å². The topological polar surface area (TPSA) is 60.2 Å². The van der Waals surface area contributed by atoms with Crippen molar-refractivity contribution in [1.29, 1.82) is 0 Å². The first-order chi connectivity index (χ1) is 3.50. The smallest absolute Gasteiger partial charge is 0.225 e. The molecule has 4 heteroatoms. The van der Waals surface area contributed by atoms with Gasteiger partial charge in [0.25, 0.3) is 0 Å². The van der Waals surface area contributed by atoms with Crippen molar-refractivity contribution in [2.24, 2.45) is 5.13 Å². The van der Waals surface area contributed by atoms with E-state index in [0.29, 0.717) is 5.41 Å². The van der Waals surface area contributed by atoms with Crippen molar-refractivity contribution >= 4 is 10.0 Å². The van der Waals surface area contributed by atoms with Crippen molar-refractivity contribution in [3.8, 4) is 0 Å². The summed E-state index contributed by atoms with van der Waals surface area (Å²) >= 11 is 0. The minimum atomic E-state index is -3.81. The van der Waals surface area contributed by atoms with Crippen LogP contribution in [0.5, 0.6) is 0 Å². The second-order valence-electron chi connectivity index (χ2n) is 0.682. The molecule has 0 unspecified atom stereocenters. The average molecular weight is 109 g/mol. The highest BCUT2D eigenvalue weighted by atomic mass is 32.2. The number of rotatable bonds is 2. The largest absolute Gasteiger partial charge is 0.230 e. The van der Waals surface area contributed by atoms with Gasteiger partial charge in [-0.25, -0.2) is 13.5 Å². The number of hydrogen-bond acceptors (Lipinski definition) is 2. The summed E-state index contributed by atoms with van der Waals surface area (Å²) in [6, 6.07) is 0. The van der Waals surface area contributed by atoms with Gasteiger partial charge in [0, 0.05) is 5.41 Å². The summed E-state index contributed by atoms with van der Waals surface area (Å²) in [5.41, 5.74) is 0. The van der Waals surface area contributed by atoms with Gasteiger partial charge in [-0.1, -0.05) is 6.58 Å². The van der Waals surface area contributed by atoms with E-state index in [1.54, 1.807) is 0 Å². The highest BCUT2D eigenvalue weighted by molar-refractivity contribution is 7.92. The third-order valence-corrected chi connectivity index (χ3v) is 0.632. The van der Waals surface area contributed by atoms with E-state index in [0.717, 1.165) is 0 Å². The second-order valence-corrected chi connectivity index (χ2v) is 2.04. The lowest BCUT2D eigenvalue weighted by atomic mass is 11.3. The van der Waals surface area contributed by atoms with E-state index in [1.165, 1.54) is 0 Å². The number of sulfonamides is 1. The van der Waals surface area contributed by atoms with Gasteiger partial charge in [0.05, 0.1) is 0 Å². The molecule has 36 valence electrons. The van der Waals surface area contributed by atoms with Crippen LogP contribution in [0.25, 0.3) is 0 Å². The Kier molecular flexibility index (Phi) is 0.645. The zero-order valence-corrected chi connectivity index (χ0v) is 3.77. The van der Waals surface area contributed by atoms with Gasteiger partial charge in [0.2, 0.25) is 10.0 Å². The van der Waals surface area contributed by atoms with E-state index in [9.17, 15) is 8.42 Å². The monoisotopic (exact) mass is 109 g/mol. The molecule has 0 spiro atoms. The molecule has 3 nitrogen and oxygen atoms in total. The average Bonchev–Trinajstić information content (AvgIpc) is 1.67. The molecule has 0 radical (unpaired) electrons. The Morgan fingerprint density at radius 1 is 2.00 bits per heavy atom. The van der Waals surface area contributed by atoms with E-state index in [2.05, 4.69) is 6.58 Å². The maximum Gasteiger partial charge on any atom is 0.230 e. The predicted octanol–water partition coefficient (Wildman–Crippen LogP) is -0.582. The van der Waals surface area contributed by atoms with Gasteiger partial charge < -0.3 is 0 Å². The van der Waals surface area contributed by atoms with Crippen LogP contribution in [0.4, 0.5) is 0 Å². The van der Waals surface area contributed by atoms with Crippen LogP contribution in [-0.4, -0.2) is 8.42 Å². The Labute approximate surface area is 39.4 Å². The molecule has 0 aliphatic heterocycles. The Bertz CT molecular complexity index is 172. The quantitative estimate of drug-likeness (QED) is 0.515. The summed E-state index contributed by atoms with van der Waals surface area (Å²) in [6.07, 6.45) is 0. The van der Waals surface area contributed by atoms with Crippen LogP contribution >= 0.6 is 0 Å². The molecule has 0 aromatic rings. The zero-order valence-electron chi connectivity index (χ0n) is 4.96. The van der Waals surface area contributed by atoms with Gasteiger partial charge in [-0.05, 0) is 0 Å². The van der Waals surface area contributed by atoms with Crippen molar-refractivity contribution in [2.75, 3.05) is 0 Å². The minimum Gasteiger partial charge on any atom is -0.225 e. The van der Waals surface area contributed by atoms with Crippen molar-refractivity contribution in [1.82, 2.24) is 0 Å². The molecule has 0 saturated carbocycles. The van der Waals surface area contributed by atoms with Crippen molar-refractivity contribution in [3.05, 3.63) is 12.0 Å². The van der Waals surface area contributed by atoms with Crippen molar-refractivity contribution in [3.63, 3.8) is 0 Å². The number of nitrogens with two attached hydrogens (primary N) is 1. The Morgan fingerprint density at radius 3 is 2.50 bits per heavy atom. The lowest BCUT2D eigenvalue weighted by molar-refractivity contribution is 0.606. The van der Waals surface area contributed by atoms with Crippen molar-refractivity contribution < 1.29 is 11.2 Å². The van der Waals surface area contributed by atoms with Crippen LogP contribution < -0.4 is 5.13 Å². The van der Waals surface area contributed by atoms with Gasteiger partial charge in [-0.2, -0.15) is 0 Å². The first kappa shape index (κ1) is 2.76. The van der Waals surface area contributed by atoms with Crippen LogP contribution in [0.2, 0.25) is 2.82 Å². The molecule has 0 rings (SSSR count). The highest BCUT2D eigenvalue weighted by Crippen LogP contribution is 1.69. The zero-order chi connectivity index (χ0) is 6.78. The Morgan fingerprint density at radius 2 is 2.50 bits per heavy atom. The molecule has 0 aromatic carbocycles. The molecule has 0 aromatic heterocycles. The fourth-order valence-electron chi connectivity index (χ4n) is 0. The molecular formula is C2H5NO2S. The van der Waals surface area contributed by atoms with Gasteiger partial charge in [0.15, 0.2) is 0 Å². The first-order valence-electron chi connectivity index (χ1n) is 2.05. The molecule has 0 atom stereocenters. The molecule has 0 bridgehead atoms. The van der Waals surface area contributed by atoms with E-state index in [1.807, 2.05) is 0 Å². The van der Waals surface area contributed by atoms with E-state index >= 15 is 0 Å². The summed E-state index contributed by atoms with van der Waals surface area (Å²) in [5, 5.41) is 0.132. The van der Waals surface area contributed by atoms with Gasteiger partial charge in [0.1, 0.15) is 2.82 Å². The van der Waals surface area contributed by atoms with E-state index in [4.69, 9.17) is 2.82 Å². The molecule has 0 fully saturated rings. The molecule has 0 saturated heterocycles. The Balaban J connectivity index is 4.40. The van der Waals surface area contributed by atoms with Crippen LogP contribution in [0.3, 0.4) is 0 Å². The predicted molar refractivity (Wildman–Crippen MR) is 23.3 cm³/mol. The standard InChI is InChI=1S/C2H5NO2S/c1-2-6(3,4)5/h2H,1H2,(H2,3,4,5)/i/hD2. The van der Waals surface area contributed by atoms with E-state index < -0.39 is 15.1 Å². The normalized spacial score (nSPS) is 16.2. The van der Waals surface area contributed by atoms with Crippen LogP contribution in [0, 0.1) is 0 Å². The molecule has 0 aliphatic carbocycles. The number of hydrogen-bond donors (Lipinski definition) is 1. The summed E-state index contributed by atoms with van der Waals surface area (Å²) in [6.45, 7) is 2.88. The van der Waals surface area contributed by atoms with Crippen LogP contribution in [-0.2, 0) is 10.0 Å². The van der Waals surface area contributed by atoms with Crippen LogP contribution in [0.15, 0.2) is 12.0 Å². The molecule has 0 heterocycles. The third kappa shape index (κ3) is 3.65. The van der Waals surface area contributed by atoms with Gasteiger partial charge in [-0.3, -0.25) is 0 Å². The molecule has 6 heavy (non-hydrogen) atoms. The third-order valence-electron chi connectivity index (χ3n) is 0.211.